The van der Waals surface area contributed by atoms with Gasteiger partial charge < -0.3 is 10.4 Å². The van der Waals surface area contributed by atoms with Crippen molar-refractivity contribution in [3.05, 3.63) is 53.3 Å². The van der Waals surface area contributed by atoms with Gasteiger partial charge in [-0.1, -0.05) is 29.0 Å². The smallest absolute Gasteiger partial charge is 0.244 e. The second-order valence-corrected chi connectivity index (χ2v) is 7.34. The molecule has 0 saturated carbocycles. The van der Waals surface area contributed by atoms with Gasteiger partial charge >= 0.3 is 0 Å². The molecule has 2 heterocycles. The molecule has 0 spiro atoms. The van der Waals surface area contributed by atoms with Crippen molar-refractivity contribution in [3.8, 4) is 5.75 Å². The number of carbonyl (C=O) groups excluding carboxylic acids is 1. The molecule has 1 aliphatic heterocycles. The lowest BCUT2D eigenvalue weighted by Gasteiger charge is -2.12. The minimum atomic E-state index is -0.469. The van der Waals surface area contributed by atoms with Gasteiger partial charge in [0.25, 0.3) is 0 Å². The molecule has 0 aliphatic carbocycles. The Morgan fingerprint density at radius 3 is 3.00 bits per heavy atom. The summed E-state index contributed by atoms with van der Waals surface area (Å²) in [5, 5.41) is 13.3. The first-order chi connectivity index (χ1) is 12.5. The number of hydrogen-bond acceptors (Lipinski definition) is 6. The lowest BCUT2D eigenvalue weighted by molar-refractivity contribution is -0.117. The van der Waals surface area contributed by atoms with E-state index in [1.54, 1.807) is 12.1 Å². The molecule has 26 heavy (non-hydrogen) atoms. The number of phenols is 1. The van der Waals surface area contributed by atoms with Crippen LogP contribution in [0.1, 0.15) is 23.6 Å². The van der Waals surface area contributed by atoms with Gasteiger partial charge in [-0.2, -0.15) is 0 Å². The summed E-state index contributed by atoms with van der Waals surface area (Å²) in [5.74, 6) is -0.364. The van der Waals surface area contributed by atoms with Gasteiger partial charge in [0, 0.05) is 5.56 Å². The number of aryl methyl sites for hydroxylation is 1. The van der Waals surface area contributed by atoms with E-state index in [0.717, 1.165) is 11.1 Å². The van der Waals surface area contributed by atoms with Gasteiger partial charge in [-0.3, -0.25) is 4.79 Å². The molecule has 4 N–H and O–H groups in total. The maximum Gasteiger partial charge on any atom is 0.244 e. The van der Waals surface area contributed by atoms with Crippen molar-refractivity contribution in [2.45, 2.75) is 25.4 Å². The van der Waals surface area contributed by atoms with Crippen LogP contribution in [-0.2, 0) is 4.79 Å². The average molecular weight is 372 g/mol. The van der Waals surface area contributed by atoms with Crippen LogP contribution in [0.25, 0.3) is 10.2 Å². The highest BCUT2D eigenvalue weighted by atomic mass is 32.1. The number of hydrogen-bond donors (Lipinski definition) is 4. The van der Waals surface area contributed by atoms with Crippen molar-refractivity contribution < 1.29 is 14.3 Å². The third-order valence-electron chi connectivity index (χ3n) is 4.36. The van der Waals surface area contributed by atoms with E-state index in [2.05, 4.69) is 21.2 Å². The monoisotopic (exact) mass is 372 g/mol. The zero-order valence-corrected chi connectivity index (χ0v) is 14.7. The number of carbonyl (C=O) groups is 1. The van der Waals surface area contributed by atoms with Crippen molar-refractivity contribution >= 4 is 32.6 Å². The maximum absolute atomic E-state index is 13.3. The minimum Gasteiger partial charge on any atom is -0.508 e. The number of amides is 1. The molecule has 1 saturated heterocycles. The van der Waals surface area contributed by atoms with Crippen molar-refractivity contribution in [2.24, 2.45) is 0 Å². The molecule has 1 amide bonds. The van der Waals surface area contributed by atoms with Gasteiger partial charge in [0.15, 0.2) is 5.13 Å². The number of rotatable bonds is 3. The molecule has 4 rings (SSSR count). The van der Waals surface area contributed by atoms with Crippen LogP contribution >= 0.6 is 11.3 Å². The summed E-state index contributed by atoms with van der Waals surface area (Å²) in [6.45, 7) is 1.95. The number of anilines is 1. The standard InChI is InChI=1S/C18H17FN4O2S/c1-9-2-5-15(24)11(6-9)13-8-14(23-22-13)17(25)21-18-20-12-4-3-10(19)7-16(12)26-18/h2-7,13-14,22-24H,8H2,1H3,(H,20,21,25). The van der Waals surface area contributed by atoms with Crippen molar-refractivity contribution in [2.75, 3.05) is 5.32 Å². The summed E-state index contributed by atoms with van der Waals surface area (Å²) in [5.41, 5.74) is 8.45. The highest BCUT2D eigenvalue weighted by Crippen LogP contribution is 2.31. The number of aromatic hydroxyl groups is 1. The number of phenolic OH excluding ortho intramolecular Hbond substituents is 1. The molecule has 1 aliphatic rings. The highest BCUT2D eigenvalue weighted by molar-refractivity contribution is 7.22. The first-order valence-corrected chi connectivity index (χ1v) is 8.99. The Balaban J connectivity index is 1.46. The molecular weight excluding hydrogens is 355 g/mol. The Bertz CT molecular complexity index is 990. The van der Waals surface area contributed by atoms with Gasteiger partial charge in [0.2, 0.25) is 5.91 Å². The Morgan fingerprint density at radius 2 is 2.15 bits per heavy atom. The summed E-state index contributed by atoms with van der Waals surface area (Å²) in [7, 11) is 0. The van der Waals surface area contributed by atoms with Gasteiger partial charge in [0.05, 0.1) is 16.3 Å². The van der Waals surface area contributed by atoms with E-state index in [4.69, 9.17) is 0 Å². The summed E-state index contributed by atoms with van der Waals surface area (Å²) < 4.78 is 14.0. The predicted octanol–water partition coefficient (Wildman–Crippen LogP) is 3.00. The number of thiazole rings is 1. The Labute approximate surface area is 153 Å². The zero-order chi connectivity index (χ0) is 18.3. The number of halogens is 1. The lowest BCUT2D eigenvalue weighted by Crippen LogP contribution is -2.39. The predicted molar refractivity (Wildman–Crippen MR) is 98.5 cm³/mol. The van der Waals surface area contributed by atoms with Crippen LogP contribution in [0.4, 0.5) is 9.52 Å². The Morgan fingerprint density at radius 1 is 1.31 bits per heavy atom. The fourth-order valence-electron chi connectivity index (χ4n) is 3.03. The van der Waals surface area contributed by atoms with Crippen LogP contribution in [0.2, 0.25) is 0 Å². The van der Waals surface area contributed by atoms with Crippen molar-refractivity contribution in [1.82, 2.24) is 15.8 Å². The van der Waals surface area contributed by atoms with Crippen LogP contribution in [0.3, 0.4) is 0 Å². The maximum atomic E-state index is 13.3. The number of benzene rings is 2. The summed E-state index contributed by atoms with van der Waals surface area (Å²) in [6, 6.07) is 9.07. The van der Waals surface area contributed by atoms with Gasteiger partial charge in [-0.25, -0.2) is 20.2 Å². The lowest BCUT2D eigenvalue weighted by atomic mass is 9.99. The van der Waals surface area contributed by atoms with E-state index in [1.807, 2.05) is 19.1 Å². The highest BCUT2D eigenvalue weighted by Gasteiger charge is 2.31. The molecular formula is C18H17FN4O2S. The third-order valence-corrected chi connectivity index (χ3v) is 5.29. The normalized spacial score (nSPS) is 19.8. The first kappa shape index (κ1) is 16.9. The van der Waals surface area contributed by atoms with E-state index >= 15 is 0 Å². The van der Waals surface area contributed by atoms with E-state index in [-0.39, 0.29) is 23.5 Å². The molecule has 6 nitrogen and oxygen atoms in total. The quantitative estimate of drug-likeness (QED) is 0.568. The average Bonchev–Trinajstić information content (AvgIpc) is 3.23. The van der Waals surface area contributed by atoms with Crippen LogP contribution < -0.4 is 16.2 Å². The molecule has 1 aromatic heterocycles. The molecule has 1 fully saturated rings. The van der Waals surface area contributed by atoms with Gasteiger partial charge in [-0.05, 0) is 37.6 Å². The summed E-state index contributed by atoms with van der Waals surface area (Å²) in [4.78, 5) is 16.8. The Kier molecular flexibility index (Phi) is 4.31. The third kappa shape index (κ3) is 3.26. The molecule has 134 valence electrons. The van der Waals surface area contributed by atoms with E-state index in [9.17, 15) is 14.3 Å². The minimum absolute atomic E-state index is 0.171. The van der Waals surface area contributed by atoms with E-state index < -0.39 is 6.04 Å². The van der Waals surface area contributed by atoms with Gasteiger partial charge in [-0.15, -0.1) is 0 Å². The molecule has 3 aromatic rings. The molecule has 2 atom stereocenters. The van der Waals surface area contributed by atoms with E-state index in [0.29, 0.717) is 21.8 Å². The molecule has 2 unspecified atom stereocenters. The number of nitrogens with one attached hydrogen (secondary N) is 3. The molecule has 0 radical (unpaired) electrons. The second kappa shape index (κ2) is 6.64. The first-order valence-electron chi connectivity index (χ1n) is 8.17. The molecule has 2 aromatic carbocycles. The summed E-state index contributed by atoms with van der Waals surface area (Å²) in [6.07, 6.45) is 0.488. The topological polar surface area (TPSA) is 86.3 Å². The fraction of sp³-hybridized carbons (Fsp3) is 0.222. The van der Waals surface area contributed by atoms with E-state index in [1.165, 1.54) is 23.5 Å². The zero-order valence-electron chi connectivity index (χ0n) is 13.9. The number of fused-ring (bicyclic) bond motifs is 1. The van der Waals surface area contributed by atoms with Crippen LogP contribution in [-0.4, -0.2) is 22.0 Å². The van der Waals surface area contributed by atoms with Gasteiger partial charge in [0.1, 0.15) is 17.6 Å². The van der Waals surface area contributed by atoms with Crippen LogP contribution in [0.5, 0.6) is 5.75 Å². The largest absolute Gasteiger partial charge is 0.508 e. The SMILES string of the molecule is Cc1ccc(O)c(C2CC(C(=O)Nc3nc4ccc(F)cc4s3)NN2)c1. The molecule has 0 bridgehead atoms. The van der Waals surface area contributed by atoms with Crippen molar-refractivity contribution in [1.29, 1.82) is 0 Å². The Hall–Kier alpha value is -2.55. The summed E-state index contributed by atoms with van der Waals surface area (Å²) >= 11 is 1.23. The molecule has 8 heteroatoms. The number of hydrazine groups is 1. The van der Waals surface area contributed by atoms with Crippen LogP contribution in [0, 0.1) is 12.7 Å². The number of aromatic nitrogens is 1. The number of nitrogens with zero attached hydrogens (tertiary/aromatic N) is 1. The van der Waals surface area contributed by atoms with Crippen molar-refractivity contribution in [3.63, 3.8) is 0 Å². The fourth-order valence-corrected chi connectivity index (χ4v) is 3.92. The van der Waals surface area contributed by atoms with Crippen LogP contribution in [0.15, 0.2) is 36.4 Å². The second-order valence-electron chi connectivity index (χ2n) is 6.31.